The Balaban J connectivity index is 2.14. The second kappa shape index (κ2) is 2.85. The van der Waals surface area contributed by atoms with Gasteiger partial charge in [-0.05, 0) is 36.5 Å². The second-order valence-electron chi connectivity index (χ2n) is 4.04. The maximum absolute atomic E-state index is 6.18. The lowest BCUT2D eigenvalue weighted by Gasteiger charge is -2.11. The Morgan fingerprint density at radius 2 is 2.14 bits per heavy atom. The van der Waals surface area contributed by atoms with Crippen molar-refractivity contribution in [1.82, 2.24) is 0 Å². The molecule has 1 aliphatic rings. The molecule has 2 heteroatoms. The first kappa shape index (κ1) is 8.06. The van der Waals surface area contributed by atoms with E-state index in [1.165, 1.54) is 23.8 Å². The molecule has 1 saturated carbocycles. The summed E-state index contributed by atoms with van der Waals surface area (Å²) in [6, 6.07) is 8.31. The van der Waals surface area contributed by atoms with Gasteiger partial charge in [0.25, 0.3) is 0 Å². The molecule has 1 fully saturated rings. The van der Waals surface area contributed by atoms with E-state index in [4.69, 9.17) is 10.2 Å². The summed E-state index contributed by atoms with van der Waals surface area (Å²) in [5, 5.41) is 1.17. The summed E-state index contributed by atoms with van der Waals surface area (Å²) in [4.78, 5) is 0. The van der Waals surface area contributed by atoms with Crippen LogP contribution in [0, 0.1) is 5.92 Å². The first-order chi connectivity index (χ1) is 6.86. The zero-order chi connectivity index (χ0) is 9.54. The molecule has 2 nitrogen and oxygen atoms in total. The summed E-state index contributed by atoms with van der Waals surface area (Å²) in [5.41, 5.74) is 8.36. The fourth-order valence-electron chi connectivity index (χ4n) is 2.02. The van der Waals surface area contributed by atoms with E-state index >= 15 is 0 Å². The molecule has 0 bridgehead atoms. The summed E-state index contributed by atoms with van der Waals surface area (Å²) >= 11 is 0. The average molecular weight is 187 g/mol. The third kappa shape index (κ3) is 1.15. The lowest BCUT2D eigenvalue weighted by Crippen LogP contribution is -2.12. The van der Waals surface area contributed by atoms with Gasteiger partial charge < -0.3 is 10.2 Å². The van der Waals surface area contributed by atoms with Gasteiger partial charge in [0.1, 0.15) is 5.58 Å². The number of rotatable bonds is 2. The van der Waals surface area contributed by atoms with Crippen molar-refractivity contribution in [3.05, 3.63) is 36.1 Å². The molecule has 2 aromatic rings. The molecule has 1 aliphatic carbocycles. The number of nitrogens with two attached hydrogens (primary N) is 1. The smallest absolute Gasteiger partial charge is 0.134 e. The topological polar surface area (TPSA) is 39.2 Å². The highest BCUT2D eigenvalue weighted by Crippen LogP contribution is 2.41. The van der Waals surface area contributed by atoms with Crippen molar-refractivity contribution in [1.29, 1.82) is 0 Å². The number of hydrogen-bond donors (Lipinski definition) is 1. The van der Waals surface area contributed by atoms with Crippen molar-refractivity contribution in [3.8, 4) is 0 Å². The minimum atomic E-state index is 0.191. The SMILES string of the molecule is N[C@H](c1cccc2occc12)C1CC1. The molecule has 3 rings (SSSR count). The molecular formula is C12H13NO. The van der Waals surface area contributed by atoms with Gasteiger partial charge in [0.15, 0.2) is 0 Å². The van der Waals surface area contributed by atoms with Gasteiger partial charge in [-0.25, -0.2) is 0 Å². The normalized spacial score (nSPS) is 18.6. The number of fused-ring (bicyclic) bond motifs is 1. The first-order valence-corrected chi connectivity index (χ1v) is 5.08. The van der Waals surface area contributed by atoms with Crippen LogP contribution >= 0.6 is 0 Å². The number of furan rings is 1. The van der Waals surface area contributed by atoms with Crippen LogP contribution in [0.15, 0.2) is 34.9 Å². The molecule has 1 heterocycles. The molecule has 0 amide bonds. The highest BCUT2D eigenvalue weighted by Gasteiger charge is 2.30. The van der Waals surface area contributed by atoms with Crippen LogP contribution in [0.4, 0.5) is 0 Å². The van der Waals surface area contributed by atoms with E-state index in [1.807, 2.05) is 18.2 Å². The van der Waals surface area contributed by atoms with Crippen molar-refractivity contribution >= 4 is 11.0 Å². The van der Waals surface area contributed by atoms with Crippen LogP contribution < -0.4 is 5.73 Å². The molecule has 0 spiro atoms. The van der Waals surface area contributed by atoms with E-state index in [0.29, 0.717) is 5.92 Å². The Hall–Kier alpha value is -1.28. The zero-order valence-corrected chi connectivity index (χ0v) is 7.94. The fraction of sp³-hybridized carbons (Fsp3) is 0.333. The molecule has 0 saturated heterocycles. The van der Waals surface area contributed by atoms with E-state index in [-0.39, 0.29) is 6.04 Å². The van der Waals surface area contributed by atoms with Gasteiger partial charge in [-0.3, -0.25) is 0 Å². The lowest BCUT2D eigenvalue weighted by atomic mass is 10.00. The summed E-state index contributed by atoms with van der Waals surface area (Å²) in [7, 11) is 0. The molecule has 0 aliphatic heterocycles. The van der Waals surface area contributed by atoms with E-state index in [0.717, 1.165) is 5.58 Å². The van der Waals surface area contributed by atoms with Crippen molar-refractivity contribution in [2.45, 2.75) is 18.9 Å². The average Bonchev–Trinajstić information content (AvgIpc) is 2.94. The standard InChI is InChI=1S/C12H13NO/c13-12(8-4-5-8)10-2-1-3-11-9(10)6-7-14-11/h1-3,6-8,12H,4-5,13H2/t12-/m0/s1. The van der Waals surface area contributed by atoms with E-state index in [9.17, 15) is 0 Å². The van der Waals surface area contributed by atoms with Crippen molar-refractivity contribution < 1.29 is 4.42 Å². The minimum absolute atomic E-state index is 0.191. The van der Waals surface area contributed by atoms with Crippen LogP contribution in [0.5, 0.6) is 0 Å². The summed E-state index contributed by atoms with van der Waals surface area (Å²) < 4.78 is 5.35. The van der Waals surface area contributed by atoms with Gasteiger partial charge in [-0.2, -0.15) is 0 Å². The zero-order valence-electron chi connectivity index (χ0n) is 7.94. The van der Waals surface area contributed by atoms with Crippen molar-refractivity contribution in [2.75, 3.05) is 0 Å². The molecule has 2 N–H and O–H groups in total. The molecule has 0 radical (unpaired) electrons. The second-order valence-corrected chi connectivity index (χ2v) is 4.04. The fourth-order valence-corrected chi connectivity index (χ4v) is 2.02. The predicted molar refractivity (Wildman–Crippen MR) is 55.9 cm³/mol. The minimum Gasteiger partial charge on any atom is -0.464 e. The Labute approximate surface area is 82.7 Å². The summed E-state index contributed by atoms with van der Waals surface area (Å²) in [6.45, 7) is 0. The largest absolute Gasteiger partial charge is 0.464 e. The maximum Gasteiger partial charge on any atom is 0.134 e. The van der Waals surface area contributed by atoms with Gasteiger partial charge in [0.05, 0.1) is 6.26 Å². The van der Waals surface area contributed by atoms with E-state index in [2.05, 4.69) is 6.07 Å². The van der Waals surface area contributed by atoms with Crippen LogP contribution in [0.2, 0.25) is 0 Å². The van der Waals surface area contributed by atoms with Gasteiger partial charge >= 0.3 is 0 Å². The number of hydrogen-bond acceptors (Lipinski definition) is 2. The van der Waals surface area contributed by atoms with E-state index < -0.39 is 0 Å². The predicted octanol–water partition coefficient (Wildman–Crippen LogP) is 2.84. The molecular weight excluding hydrogens is 174 g/mol. The maximum atomic E-state index is 6.18. The van der Waals surface area contributed by atoms with Crippen molar-refractivity contribution in [2.24, 2.45) is 11.7 Å². The Bertz CT molecular complexity index is 456. The Kier molecular flexibility index (Phi) is 1.64. The molecule has 1 aromatic carbocycles. The molecule has 14 heavy (non-hydrogen) atoms. The Morgan fingerprint density at radius 1 is 1.29 bits per heavy atom. The van der Waals surface area contributed by atoms with Gasteiger partial charge in [0, 0.05) is 11.4 Å². The summed E-state index contributed by atoms with van der Waals surface area (Å²) in [5.74, 6) is 0.690. The van der Waals surface area contributed by atoms with Crippen LogP contribution in [0.3, 0.4) is 0 Å². The van der Waals surface area contributed by atoms with E-state index in [1.54, 1.807) is 6.26 Å². The lowest BCUT2D eigenvalue weighted by molar-refractivity contribution is 0.613. The quantitative estimate of drug-likeness (QED) is 0.785. The third-order valence-electron chi connectivity index (χ3n) is 3.02. The summed E-state index contributed by atoms with van der Waals surface area (Å²) in [6.07, 6.45) is 4.28. The Morgan fingerprint density at radius 3 is 2.93 bits per heavy atom. The third-order valence-corrected chi connectivity index (χ3v) is 3.02. The van der Waals surface area contributed by atoms with Crippen LogP contribution in [0.1, 0.15) is 24.4 Å². The van der Waals surface area contributed by atoms with Gasteiger partial charge in [-0.15, -0.1) is 0 Å². The molecule has 1 aromatic heterocycles. The van der Waals surface area contributed by atoms with Gasteiger partial charge in [-0.1, -0.05) is 12.1 Å². The number of benzene rings is 1. The van der Waals surface area contributed by atoms with Crippen LogP contribution in [0.25, 0.3) is 11.0 Å². The molecule has 72 valence electrons. The van der Waals surface area contributed by atoms with Gasteiger partial charge in [0.2, 0.25) is 0 Å². The van der Waals surface area contributed by atoms with Crippen molar-refractivity contribution in [3.63, 3.8) is 0 Å². The molecule has 0 unspecified atom stereocenters. The molecule has 1 atom stereocenters. The highest BCUT2D eigenvalue weighted by atomic mass is 16.3. The van der Waals surface area contributed by atoms with Crippen LogP contribution in [-0.4, -0.2) is 0 Å². The highest BCUT2D eigenvalue weighted by molar-refractivity contribution is 5.81. The monoisotopic (exact) mass is 187 g/mol. The van der Waals surface area contributed by atoms with Crippen LogP contribution in [-0.2, 0) is 0 Å². The first-order valence-electron chi connectivity index (χ1n) is 5.08.